The molecule has 6 rings (SSSR count). The molecule has 2 aromatic heterocycles. The molecule has 250 valence electrons. The number of halogens is 8. The van der Waals surface area contributed by atoms with Gasteiger partial charge in [0.1, 0.15) is 28.4 Å². The maximum atomic E-state index is 15.7. The van der Waals surface area contributed by atoms with Gasteiger partial charge in [0, 0.05) is 28.3 Å². The second-order valence-corrected chi connectivity index (χ2v) is 11.8. The first-order valence-electron chi connectivity index (χ1n) is 14.4. The SMILES string of the molecule is COc1cc(C(=O)NC[C@](O)(c2cc(C(O)(C(F)(F)F)C(F)(F)F)c(F)c(-c3ccc(F)cc3)n2)C2CC2)cc2cn(C3CC3)nc12. The summed E-state index contributed by atoms with van der Waals surface area (Å²) in [6.07, 6.45) is -8.87. The van der Waals surface area contributed by atoms with Crippen LogP contribution < -0.4 is 10.1 Å². The summed E-state index contributed by atoms with van der Waals surface area (Å²) in [4.78, 5) is 17.2. The Balaban J connectivity index is 1.42. The van der Waals surface area contributed by atoms with Crippen LogP contribution in [0.1, 0.15) is 53.3 Å². The summed E-state index contributed by atoms with van der Waals surface area (Å²) in [6, 6.07) is 6.38. The third-order valence-electron chi connectivity index (χ3n) is 8.49. The minimum Gasteiger partial charge on any atom is -0.494 e. The van der Waals surface area contributed by atoms with Crippen molar-refractivity contribution in [2.45, 2.75) is 55.3 Å². The van der Waals surface area contributed by atoms with Crippen LogP contribution in [-0.2, 0) is 11.2 Å². The second-order valence-electron chi connectivity index (χ2n) is 11.8. The fraction of sp³-hybridized carbons (Fsp3) is 0.387. The predicted molar refractivity (Wildman–Crippen MR) is 149 cm³/mol. The first-order valence-corrected chi connectivity index (χ1v) is 14.4. The highest BCUT2D eigenvalue weighted by molar-refractivity contribution is 5.99. The molecular formula is C31H26F8N4O4. The van der Waals surface area contributed by atoms with E-state index in [-0.39, 0.29) is 36.3 Å². The number of hydrogen-bond acceptors (Lipinski definition) is 6. The number of fused-ring (bicyclic) bond motifs is 1. The molecular weight excluding hydrogens is 644 g/mol. The van der Waals surface area contributed by atoms with Crippen molar-refractivity contribution in [1.82, 2.24) is 20.1 Å². The minimum absolute atomic E-state index is 0.00909. The first-order chi connectivity index (χ1) is 22.0. The summed E-state index contributed by atoms with van der Waals surface area (Å²) < 4.78 is 120. The zero-order valence-corrected chi connectivity index (χ0v) is 24.4. The van der Waals surface area contributed by atoms with Gasteiger partial charge in [0.2, 0.25) is 0 Å². The molecule has 1 amide bonds. The number of rotatable bonds is 9. The van der Waals surface area contributed by atoms with Crippen LogP contribution in [0.2, 0.25) is 0 Å². The van der Waals surface area contributed by atoms with E-state index < -0.39 is 76.1 Å². The first kappa shape index (κ1) is 32.6. The Kier molecular flexibility index (Phi) is 7.74. The lowest BCUT2D eigenvalue weighted by Gasteiger charge is -2.35. The van der Waals surface area contributed by atoms with Crippen LogP contribution in [0.4, 0.5) is 35.1 Å². The van der Waals surface area contributed by atoms with E-state index in [1.807, 2.05) is 0 Å². The number of carbonyl (C=O) groups excluding carboxylic acids is 1. The smallest absolute Gasteiger partial charge is 0.430 e. The number of pyridine rings is 1. The van der Waals surface area contributed by atoms with Gasteiger partial charge in [-0.05, 0) is 74.1 Å². The Hall–Kier alpha value is -4.31. The molecule has 0 bridgehead atoms. The highest BCUT2D eigenvalue weighted by atomic mass is 19.4. The van der Waals surface area contributed by atoms with E-state index >= 15 is 4.39 Å². The number of carbonyl (C=O) groups is 1. The highest BCUT2D eigenvalue weighted by Crippen LogP contribution is 2.53. The Bertz CT molecular complexity index is 1840. The molecule has 0 spiro atoms. The molecule has 0 aliphatic heterocycles. The van der Waals surface area contributed by atoms with Crippen molar-refractivity contribution in [3.63, 3.8) is 0 Å². The van der Waals surface area contributed by atoms with Crippen molar-refractivity contribution in [3.05, 3.63) is 77.1 Å². The zero-order chi connectivity index (χ0) is 34.1. The van der Waals surface area contributed by atoms with E-state index in [1.54, 1.807) is 10.9 Å². The number of nitrogens with zero attached hydrogens (tertiary/aromatic N) is 3. The van der Waals surface area contributed by atoms with Crippen LogP contribution in [0.25, 0.3) is 22.2 Å². The molecule has 2 aliphatic rings. The van der Waals surface area contributed by atoms with Crippen molar-refractivity contribution < 1.29 is 54.9 Å². The van der Waals surface area contributed by atoms with E-state index in [0.717, 1.165) is 37.1 Å². The summed E-state index contributed by atoms with van der Waals surface area (Å²) in [5.74, 6) is -4.39. The molecule has 3 N–H and O–H groups in total. The lowest BCUT2D eigenvalue weighted by molar-refractivity contribution is -0.377. The van der Waals surface area contributed by atoms with Crippen LogP contribution >= 0.6 is 0 Å². The monoisotopic (exact) mass is 670 g/mol. The number of amides is 1. The van der Waals surface area contributed by atoms with Gasteiger partial charge in [-0.3, -0.25) is 9.48 Å². The number of alkyl halides is 6. The molecule has 2 heterocycles. The van der Waals surface area contributed by atoms with Gasteiger partial charge in [-0.15, -0.1) is 0 Å². The van der Waals surface area contributed by atoms with Gasteiger partial charge < -0.3 is 20.3 Å². The molecule has 0 saturated heterocycles. The van der Waals surface area contributed by atoms with Crippen LogP contribution in [0.3, 0.4) is 0 Å². The van der Waals surface area contributed by atoms with Gasteiger partial charge in [0.15, 0.2) is 5.82 Å². The summed E-state index contributed by atoms with van der Waals surface area (Å²) >= 11 is 0. The lowest BCUT2D eigenvalue weighted by Crippen LogP contribution is -2.55. The Morgan fingerprint density at radius 2 is 1.62 bits per heavy atom. The van der Waals surface area contributed by atoms with E-state index in [0.29, 0.717) is 10.9 Å². The Morgan fingerprint density at radius 1 is 0.979 bits per heavy atom. The Labute approximate surface area is 261 Å². The van der Waals surface area contributed by atoms with Crippen LogP contribution in [-0.4, -0.2) is 56.9 Å². The third-order valence-corrected chi connectivity index (χ3v) is 8.49. The number of methoxy groups -OCH3 is 1. The summed E-state index contributed by atoms with van der Waals surface area (Å²) in [5.41, 5.74) is -12.3. The molecule has 16 heteroatoms. The van der Waals surface area contributed by atoms with Crippen LogP contribution in [0.5, 0.6) is 5.75 Å². The molecule has 2 aromatic carbocycles. The van der Waals surface area contributed by atoms with Crippen molar-refractivity contribution >= 4 is 16.8 Å². The topological polar surface area (TPSA) is 110 Å². The summed E-state index contributed by atoms with van der Waals surface area (Å²) in [6.45, 7) is -0.768. The third kappa shape index (κ3) is 5.66. The van der Waals surface area contributed by atoms with Crippen LogP contribution in [0.15, 0.2) is 48.7 Å². The second kappa shape index (κ2) is 11.1. The number of aliphatic hydroxyl groups is 2. The summed E-state index contributed by atoms with van der Waals surface area (Å²) in [7, 11) is 1.37. The lowest BCUT2D eigenvalue weighted by atomic mass is 9.85. The predicted octanol–water partition coefficient (Wildman–Crippen LogP) is 6.06. The van der Waals surface area contributed by atoms with Gasteiger partial charge in [-0.1, -0.05) is 0 Å². The van der Waals surface area contributed by atoms with Gasteiger partial charge in [0.05, 0.1) is 25.4 Å². The normalized spacial score (nSPS) is 17.1. The van der Waals surface area contributed by atoms with E-state index in [9.17, 15) is 45.7 Å². The van der Waals surface area contributed by atoms with E-state index in [2.05, 4.69) is 15.4 Å². The molecule has 2 saturated carbocycles. The molecule has 0 unspecified atom stereocenters. The number of hydrogen-bond donors (Lipinski definition) is 3. The van der Waals surface area contributed by atoms with Crippen molar-refractivity contribution in [3.8, 4) is 17.0 Å². The van der Waals surface area contributed by atoms with Crippen molar-refractivity contribution in [1.29, 1.82) is 0 Å². The molecule has 2 fully saturated rings. The fourth-order valence-electron chi connectivity index (χ4n) is 5.54. The molecule has 0 radical (unpaired) electrons. The standard InChI is InChI=1S/C31H26F8N4O4/c1-47-22-11-16(10-17-13-43(20-8-9-20)42-25(17)22)27(44)40-14-28(45,18-4-5-18)23-12-21(29(46,30(34,35)36)31(37,38)39)24(33)26(41-23)15-2-6-19(32)7-3-15/h2-3,6-7,10-13,18,20,45-46H,4-5,8-9,14H2,1H3,(H,40,44)/t28-/m1/s1. The molecule has 1 atom stereocenters. The quantitative estimate of drug-likeness (QED) is 0.187. The van der Waals surface area contributed by atoms with Gasteiger partial charge in [0.25, 0.3) is 11.5 Å². The number of ether oxygens (including phenoxy) is 1. The van der Waals surface area contributed by atoms with Gasteiger partial charge in [-0.25, -0.2) is 13.8 Å². The van der Waals surface area contributed by atoms with Crippen molar-refractivity contribution in [2.75, 3.05) is 13.7 Å². The van der Waals surface area contributed by atoms with Crippen LogP contribution in [0, 0.1) is 17.6 Å². The van der Waals surface area contributed by atoms with Gasteiger partial charge in [-0.2, -0.15) is 31.4 Å². The molecule has 2 aliphatic carbocycles. The average molecular weight is 671 g/mol. The summed E-state index contributed by atoms with van der Waals surface area (Å²) in [5, 5.41) is 29.5. The highest BCUT2D eigenvalue weighted by Gasteiger charge is 2.72. The number of aromatic nitrogens is 3. The maximum absolute atomic E-state index is 15.7. The van der Waals surface area contributed by atoms with E-state index in [1.165, 1.54) is 19.2 Å². The maximum Gasteiger partial charge on any atom is 0.430 e. The zero-order valence-electron chi connectivity index (χ0n) is 24.4. The molecule has 8 nitrogen and oxygen atoms in total. The fourth-order valence-corrected chi connectivity index (χ4v) is 5.54. The van der Waals surface area contributed by atoms with Gasteiger partial charge >= 0.3 is 12.4 Å². The molecule has 47 heavy (non-hydrogen) atoms. The average Bonchev–Trinajstić information content (AvgIpc) is 3.95. The minimum atomic E-state index is -6.47. The Morgan fingerprint density at radius 3 is 2.17 bits per heavy atom. The van der Waals surface area contributed by atoms with Crippen molar-refractivity contribution in [2.24, 2.45) is 5.92 Å². The number of benzene rings is 2. The van der Waals surface area contributed by atoms with E-state index in [4.69, 9.17) is 4.74 Å². The molecule has 4 aromatic rings. The number of nitrogens with one attached hydrogen (secondary N) is 1. The largest absolute Gasteiger partial charge is 0.494 e.